The summed E-state index contributed by atoms with van der Waals surface area (Å²) < 4.78 is 5.11. The molecule has 4 nitrogen and oxygen atoms in total. The van der Waals surface area contributed by atoms with E-state index in [1.165, 1.54) is 39.2 Å². The number of ether oxygens (including phenoxy) is 1. The average molecular weight is 321 g/mol. The number of methoxy groups -OCH3 is 1. The van der Waals surface area contributed by atoms with Gasteiger partial charge in [-0.15, -0.1) is 0 Å². The van der Waals surface area contributed by atoms with E-state index < -0.39 is 0 Å². The van der Waals surface area contributed by atoms with E-state index in [9.17, 15) is 9.90 Å². The third kappa shape index (κ3) is 7.40. The molecule has 0 fully saturated rings. The molecule has 0 radical (unpaired) electrons. The molecule has 0 aliphatic carbocycles. The number of unbranched alkanes of at least 4 members (excludes halogenated alkanes) is 6. The maximum absolute atomic E-state index is 11.7. The molecule has 0 heterocycles. The van der Waals surface area contributed by atoms with Gasteiger partial charge in [0.05, 0.1) is 7.11 Å². The summed E-state index contributed by atoms with van der Waals surface area (Å²) in [6.45, 7) is 2.22. The van der Waals surface area contributed by atoms with Gasteiger partial charge in [-0.25, -0.2) is 0 Å². The van der Waals surface area contributed by atoms with Gasteiger partial charge in [-0.2, -0.15) is 0 Å². The van der Waals surface area contributed by atoms with Gasteiger partial charge in [0.1, 0.15) is 0 Å². The lowest BCUT2D eigenvalue weighted by atomic mass is 9.92. The zero-order chi connectivity index (χ0) is 17.1. The van der Waals surface area contributed by atoms with E-state index in [2.05, 4.69) is 6.92 Å². The van der Waals surface area contributed by atoms with E-state index in [1.54, 1.807) is 12.1 Å². The second-order valence-corrected chi connectivity index (χ2v) is 6.22. The second kappa shape index (κ2) is 10.9. The minimum absolute atomic E-state index is 0.110. The smallest absolute Gasteiger partial charge is 0.220 e. The molecule has 0 aliphatic rings. The monoisotopic (exact) mass is 321 g/mol. The van der Waals surface area contributed by atoms with E-state index in [-0.39, 0.29) is 17.6 Å². The number of carbonyl (C=O) groups excluding carboxylic acids is 1. The minimum atomic E-state index is -0.247. The molecule has 0 aliphatic heterocycles. The standard InChI is InChI=1S/C19H31NO3/c1-3-4-5-6-7-8-9-10-16(19(20)22)13-15-11-12-17(21)18(14-15)23-2/h11-12,14,16,21H,3-10,13H2,1-2H3,(H2,20,22). The molecular weight excluding hydrogens is 290 g/mol. The fraction of sp³-hybridized carbons (Fsp3) is 0.632. The fourth-order valence-electron chi connectivity index (χ4n) is 2.83. The highest BCUT2D eigenvalue weighted by molar-refractivity contribution is 5.77. The predicted octanol–water partition coefficient (Wildman–Crippen LogP) is 4.19. The van der Waals surface area contributed by atoms with Crippen LogP contribution in [0, 0.1) is 5.92 Å². The molecule has 1 aromatic carbocycles. The molecule has 0 spiro atoms. The van der Waals surface area contributed by atoms with Gasteiger partial charge in [0.15, 0.2) is 11.5 Å². The summed E-state index contributed by atoms with van der Waals surface area (Å²) in [6, 6.07) is 5.19. The summed E-state index contributed by atoms with van der Waals surface area (Å²) in [5, 5.41) is 9.62. The Balaban J connectivity index is 2.42. The lowest BCUT2D eigenvalue weighted by Crippen LogP contribution is -2.25. The Morgan fingerprint density at radius 2 is 1.83 bits per heavy atom. The largest absolute Gasteiger partial charge is 0.504 e. The first-order valence-corrected chi connectivity index (χ1v) is 8.73. The number of benzene rings is 1. The molecule has 1 rings (SSSR count). The third-order valence-electron chi connectivity index (χ3n) is 4.28. The zero-order valence-electron chi connectivity index (χ0n) is 14.5. The van der Waals surface area contributed by atoms with Crippen molar-refractivity contribution in [2.24, 2.45) is 11.7 Å². The second-order valence-electron chi connectivity index (χ2n) is 6.22. The molecule has 130 valence electrons. The van der Waals surface area contributed by atoms with Crippen LogP contribution in [0.1, 0.15) is 63.9 Å². The van der Waals surface area contributed by atoms with Crippen molar-refractivity contribution in [1.82, 2.24) is 0 Å². The molecule has 0 bridgehead atoms. The van der Waals surface area contributed by atoms with Crippen LogP contribution >= 0.6 is 0 Å². The lowest BCUT2D eigenvalue weighted by molar-refractivity contribution is -0.122. The first-order chi connectivity index (χ1) is 11.1. The molecule has 23 heavy (non-hydrogen) atoms. The van der Waals surface area contributed by atoms with Crippen LogP contribution in [0.5, 0.6) is 11.5 Å². The number of primary amides is 1. The molecule has 1 aromatic rings. The van der Waals surface area contributed by atoms with Crippen molar-refractivity contribution in [2.45, 2.75) is 64.7 Å². The van der Waals surface area contributed by atoms with Gasteiger partial charge in [0, 0.05) is 5.92 Å². The number of aromatic hydroxyl groups is 1. The van der Waals surface area contributed by atoms with Gasteiger partial charge in [-0.05, 0) is 30.5 Å². The Labute approximate surface area is 140 Å². The van der Waals surface area contributed by atoms with Crippen molar-refractivity contribution in [3.05, 3.63) is 23.8 Å². The number of hydrogen-bond acceptors (Lipinski definition) is 3. The average Bonchev–Trinajstić information content (AvgIpc) is 2.54. The van der Waals surface area contributed by atoms with Gasteiger partial charge >= 0.3 is 0 Å². The van der Waals surface area contributed by atoms with Crippen LogP contribution in [0.4, 0.5) is 0 Å². The SMILES string of the molecule is CCCCCCCCCC(Cc1ccc(O)c(OC)c1)C(N)=O. The van der Waals surface area contributed by atoms with E-state index >= 15 is 0 Å². The van der Waals surface area contributed by atoms with E-state index in [0.717, 1.165) is 24.8 Å². The number of phenols is 1. The van der Waals surface area contributed by atoms with Gasteiger partial charge in [-0.1, -0.05) is 57.9 Å². The zero-order valence-corrected chi connectivity index (χ0v) is 14.5. The Hall–Kier alpha value is -1.71. The molecule has 0 aromatic heterocycles. The van der Waals surface area contributed by atoms with E-state index in [1.807, 2.05) is 6.07 Å². The summed E-state index contributed by atoms with van der Waals surface area (Å²) in [5.41, 5.74) is 6.51. The van der Waals surface area contributed by atoms with Crippen molar-refractivity contribution < 1.29 is 14.6 Å². The lowest BCUT2D eigenvalue weighted by Gasteiger charge is -2.14. The summed E-state index contributed by atoms with van der Waals surface area (Å²) in [7, 11) is 1.52. The number of rotatable bonds is 12. The Bertz CT molecular complexity index is 474. The highest BCUT2D eigenvalue weighted by Gasteiger charge is 2.16. The highest BCUT2D eigenvalue weighted by Crippen LogP contribution is 2.28. The summed E-state index contributed by atoms with van der Waals surface area (Å²) in [5.74, 6) is 0.142. The van der Waals surface area contributed by atoms with Crippen LogP contribution in [0.25, 0.3) is 0 Å². The van der Waals surface area contributed by atoms with Crippen LogP contribution in [0.15, 0.2) is 18.2 Å². The highest BCUT2D eigenvalue weighted by atomic mass is 16.5. The molecule has 1 amide bonds. The van der Waals surface area contributed by atoms with Crippen LogP contribution < -0.4 is 10.5 Å². The molecule has 1 unspecified atom stereocenters. The first kappa shape index (κ1) is 19.3. The summed E-state index contributed by atoms with van der Waals surface area (Å²) in [6.07, 6.45) is 10.0. The normalized spacial score (nSPS) is 12.1. The van der Waals surface area contributed by atoms with E-state index in [4.69, 9.17) is 10.5 Å². The molecule has 0 saturated heterocycles. The van der Waals surface area contributed by atoms with Crippen LogP contribution in [-0.2, 0) is 11.2 Å². The number of amides is 1. The number of nitrogens with two attached hydrogens (primary N) is 1. The van der Waals surface area contributed by atoms with Crippen molar-refractivity contribution in [3.63, 3.8) is 0 Å². The maximum Gasteiger partial charge on any atom is 0.220 e. The van der Waals surface area contributed by atoms with Gasteiger partial charge in [0.25, 0.3) is 0 Å². The van der Waals surface area contributed by atoms with Crippen molar-refractivity contribution in [3.8, 4) is 11.5 Å². The quantitative estimate of drug-likeness (QED) is 0.567. The number of hydrogen-bond donors (Lipinski definition) is 2. The van der Waals surface area contributed by atoms with Gasteiger partial charge in [0.2, 0.25) is 5.91 Å². The van der Waals surface area contributed by atoms with Gasteiger partial charge in [-0.3, -0.25) is 4.79 Å². The van der Waals surface area contributed by atoms with Crippen LogP contribution in [0.3, 0.4) is 0 Å². The predicted molar refractivity (Wildman–Crippen MR) is 93.7 cm³/mol. The number of carbonyl (C=O) groups is 1. The summed E-state index contributed by atoms with van der Waals surface area (Å²) >= 11 is 0. The number of phenolic OH excluding ortho intramolecular Hbond substituents is 1. The molecule has 0 saturated carbocycles. The third-order valence-corrected chi connectivity index (χ3v) is 4.28. The van der Waals surface area contributed by atoms with Crippen LogP contribution in [0.2, 0.25) is 0 Å². The fourth-order valence-corrected chi connectivity index (χ4v) is 2.83. The Morgan fingerprint density at radius 3 is 2.43 bits per heavy atom. The maximum atomic E-state index is 11.7. The topological polar surface area (TPSA) is 72.6 Å². The first-order valence-electron chi connectivity index (χ1n) is 8.73. The minimum Gasteiger partial charge on any atom is -0.504 e. The molecule has 3 N–H and O–H groups in total. The molecule has 4 heteroatoms. The molecule has 1 atom stereocenters. The van der Waals surface area contributed by atoms with E-state index in [0.29, 0.717) is 12.2 Å². The van der Waals surface area contributed by atoms with Gasteiger partial charge < -0.3 is 15.6 Å². The van der Waals surface area contributed by atoms with Crippen molar-refractivity contribution >= 4 is 5.91 Å². The Morgan fingerprint density at radius 1 is 1.17 bits per heavy atom. The van der Waals surface area contributed by atoms with Crippen LogP contribution in [-0.4, -0.2) is 18.1 Å². The summed E-state index contributed by atoms with van der Waals surface area (Å²) in [4.78, 5) is 11.7. The molecular formula is C19H31NO3. The van der Waals surface area contributed by atoms with Crippen molar-refractivity contribution in [1.29, 1.82) is 0 Å². The van der Waals surface area contributed by atoms with Crippen molar-refractivity contribution in [2.75, 3.05) is 7.11 Å². The Kier molecular flexibility index (Phi) is 9.18.